The van der Waals surface area contributed by atoms with Crippen molar-refractivity contribution in [3.05, 3.63) is 94.4 Å². The van der Waals surface area contributed by atoms with Gasteiger partial charge in [0.05, 0.1) is 30.3 Å². The lowest BCUT2D eigenvalue weighted by Gasteiger charge is -2.26. The Morgan fingerprint density at radius 1 is 1.05 bits per heavy atom. The number of likely N-dealkylation sites (N-methyl/N-ethyl adjacent to an activating group) is 1. The summed E-state index contributed by atoms with van der Waals surface area (Å²) in [6, 6.07) is 17.0. The maximum Gasteiger partial charge on any atom is 0.258 e. The second kappa shape index (κ2) is 9.91. The number of ether oxygens (including phenoxy) is 1. The van der Waals surface area contributed by atoms with Crippen LogP contribution in [0.5, 0.6) is 0 Å². The van der Waals surface area contributed by atoms with Gasteiger partial charge in [0.1, 0.15) is 5.82 Å². The quantitative estimate of drug-likeness (QED) is 0.319. The number of sulfonamides is 1. The van der Waals surface area contributed by atoms with Gasteiger partial charge in [0.25, 0.3) is 5.91 Å². The van der Waals surface area contributed by atoms with E-state index in [1.165, 1.54) is 15.3 Å². The second-order valence-corrected chi connectivity index (χ2v) is 11.9. The molecule has 200 valence electrons. The van der Waals surface area contributed by atoms with Crippen LogP contribution in [-0.2, 0) is 26.1 Å². The number of carbonyl (C=O) groups is 1. The predicted octanol–water partition coefficient (Wildman–Crippen LogP) is 5.02. The van der Waals surface area contributed by atoms with Gasteiger partial charge in [0.15, 0.2) is 0 Å². The van der Waals surface area contributed by atoms with Crippen molar-refractivity contribution in [2.24, 2.45) is 0 Å². The molecule has 0 saturated carbocycles. The zero-order chi connectivity index (χ0) is 27.3. The van der Waals surface area contributed by atoms with Crippen LogP contribution in [0.1, 0.15) is 16.7 Å². The van der Waals surface area contributed by atoms with E-state index < -0.39 is 15.8 Å². The lowest BCUT2D eigenvalue weighted by Crippen LogP contribution is -2.40. The number of amides is 1. The fraction of sp³-hybridized carbons (Fsp3) is 0.207. The summed E-state index contributed by atoms with van der Waals surface area (Å²) in [6.07, 6.45) is 3.64. The first-order valence-corrected chi connectivity index (χ1v) is 14.3. The average molecular weight is 566 g/mol. The first kappa shape index (κ1) is 25.8. The number of halogens is 2. The van der Waals surface area contributed by atoms with Crippen LogP contribution in [0.2, 0.25) is 5.02 Å². The minimum absolute atomic E-state index is 0.133. The highest BCUT2D eigenvalue weighted by Crippen LogP contribution is 2.40. The van der Waals surface area contributed by atoms with E-state index in [9.17, 15) is 17.6 Å². The zero-order valence-corrected chi connectivity index (χ0v) is 22.7. The van der Waals surface area contributed by atoms with Gasteiger partial charge in [-0.15, -0.1) is 0 Å². The molecule has 0 atom stereocenters. The highest BCUT2D eigenvalue weighted by molar-refractivity contribution is 7.89. The molecule has 0 N–H and O–H groups in total. The molecule has 4 aromatic rings. The van der Waals surface area contributed by atoms with Crippen LogP contribution in [0.3, 0.4) is 0 Å². The van der Waals surface area contributed by atoms with Gasteiger partial charge < -0.3 is 14.2 Å². The summed E-state index contributed by atoms with van der Waals surface area (Å²) in [5, 5.41) is 1.21. The lowest BCUT2D eigenvalue weighted by molar-refractivity contribution is -0.112. The monoisotopic (exact) mass is 565 g/mol. The first-order chi connectivity index (χ1) is 18.8. The van der Waals surface area contributed by atoms with Crippen LogP contribution in [-0.4, -0.2) is 56.5 Å². The third kappa shape index (κ3) is 4.45. The molecule has 1 saturated heterocycles. The number of rotatable bonds is 5. The van der Waals surface area contributed by atoms with Crippen molar-refractivity contribution in [2.45, 2.75) is 11.4 Å². The van der Waals surface area contributed by atoms with E-state index in [1.54, 1.807) is 43.5 Å². The number of carbonyl (C=O) groups excluding carboxylic acids is 1. The van der Waals surface area contributed by atoms with E-state index in [4.69, 9.17) is 16.3 Å². The Kier molecular flexibility index (Phi) is 6.55. The van der Waals surface area contributed by atoms with Crippen molar-refractivity contribution in [1.29, 1.82) is 0 Å². The number of nitrogens with zero attached hydrogens (tertiary/aromatic N) is 3. The van der Waals surface area contributed by atoms with E-state index >= 15 is 0 Å². The molecule has 3 heterocycles. The van der Waals surface area contributed by atoms with Gasteiger partial charge in [-0.1, -0.05) is 35.9 Å². The summed E-state index contributed by atoms with van der Waals surface area (Å²) >= 11 is 6.30. The molecular weight excluding hydrogens is 541 g/mol. The maximum absolute atomic E-state index is 14.6. The summed E-state index contributed by atoms with van der Waals surface area (Å²) < 4.78 is 49.9. The lowest BCUT2D eigenvalue weighted by atomic mass is 10.0. The number of fused-ring (bicyclic) bond motifs is 2. The Hall–Kier alpha value is -3.50. The summed E-state index contributed by atoms with van der Waals surface area (Å²) in [5.41, 5.74) is 3.55. The minimum Gasteiger partial charge on any atom is -0.379 e. The molecule has 0 aliphatic carbocycles. The number of anilines is 1. The van der Waals surface area contributed by atoms with Crippen LogP contribution >= 0.6 is 11.6 Å². The Bertz CT molecular complexity index is 1740. The van der Waals surface area contributed by atoms with Gasteiger partial charge in [-0.3, -0.25) is 4.79 Å². The molecule has 7 nitrogen and oxygen atoms in total. The highest BCUT2D eigenvalue weighted by Gasteiger charge is 2.33. The van der Waals surface area contributed by atoms with Crippen LogP contribution in [0, 0.1) is 5.82 Å². The third-order valence-corrected chi connectivity index (χ3v) is 9.52. The molecule has 1 aromatic heterocycles. The van der Waals surface area contributed by atoms with Crippen LogP contribution < -0.4 is 4.90 Å². The summed E-state index contributed by atoms with van der Waals surface area (Å²) in [7, 11) is -2.08. The fourth-order valence-electron chi connectivity index (χ4n) is 5.19. The van der Waals surface area contributed by atoms with Crippen LogP contribution in [0.25, 0.3) is 22.6 Å². The van der Waals surface area contributed by atoms with Crippen LogP contribution in [0.4, 0.5) is 10.1 Å². The molecule has 1 amide bonds. The number of hydrogen-bond acceptors (Lipinski definition) is 4. The van der Waals surface area contributed by atoms with Crippen molar-refractivity contribution < 1.29 is 22.3 Å². The molecule has 3 aromatic carbocycles. The van der Waals surface area contributed by atoms with E-state index in [0.29, 0.717) is 40.6 Å². The van der Waals surface area contributed by atoms with E-state index in [0.717, 1.165) is 16.5 Å². The van der Waals surface area contributed by atoms with E-state index in [1.807, 2.05) is 35.0 Å². The number of aromatic nitrogens is 1. The average Bonchev–Trinajstić information content (AvgIpc) is 3.41. The van der Waals surface area contributed by atoms with Gasteiger partial charge in [-0.25, -0.2) is 12.8 Å². The fourth-order valence-corrected chi connectivity index (χ4v) is 6.85. The first-order valence-electron chi connectivity index (χ1n) is 12.5. The highest BCUT2D eigenvalue weighted by atomic mass is 35.5. The van der Waals surface area contributed by atoms with Crippen molar-refractivity contribution in [1.82, 2.24) is 8.87 Å². The molecule has 0 bridgehead atoms. The van der Waals surface area contributed by atoms with Crippen molar-refractivity contribution in [2.75, 3.05) is 38.3 Å². The van der Waals surface area contributed by atoms with Crippen molar-refractivity contribution >= 4 is 55.8 Å². The Labute approximate surface area is 230 Å². The summed E-state index contributed by atoms with van der Waals surface area (Å²) in [4.78, 5) is 15.0. The third-order valence-electron chi connectivity index (χ3n) is 7.27. The van der Waals surface area contributed by atoms with E-state index in [2.05, 4.69) is 0 Å². The smallest absolute Gasteiger partial charge is 0.258 e. The molecule has 6 rings (SSSR count). The maximum atomic E-state index is 14.6. The van der Waals surface area contributed by atoms with Gasteiger partial charge in [0.2, 0.25) is 10.0 Å². The number of hydrogen-bond donors (Lipinski definition) is 0. The molecule has 1 fully saturated rings. The summed E-state index contributed by atoms with van der Waals surface area (Å²) in [6.45, 7) is 1.47. The molecule has 0 unspecified atom stereocenters. The van der Waals surface area contributed by atoms with E-state index in [-0.39, 0.29) is 30.4 Å². The standard InChI is InChI=1S/C29H25ClFN3O4S/c1-32-27-10-9-20(39(36,37)34-11-13-38-14-12-34)16-22(27)23(29(32)35)15-19-17-33(28-8-3-2-5-21(19)28)18-24-25(30)6-4-7-26(24)31/h2-10,15-17H,11-14,18H2,1H3/b23-15-. The zero-order valence-electron chi connectivity index (χ0n) is 21.1. The second-order valence-electron chi connectivity index (χ2n) is 9.55. The van der Waals surface area contributed by atoms with Crippen molar-refractivity contribution in [3.63, 3.8) is 0 Å². The Morgan fingerprint density at radius 3 is 2.59 bits per heavy atom. The SMILES string of the molecule is CN1C(=O)/C(=C\c2cn(Cc3c(F)cccc3Cl)c3ccccc23)c2cc(S(=O)(=O)N3CCOCC3)ccc21. The van der Waals surface area contributed by atoms with Gasteiger partial charge >= 0.3 is 0 Å². The molecule has 2 aliphatic rings. The topological polar surface area (TPSA) is 71.9 Å². The van der Waals surface area contributed by atoms with Gasteiger partial charge in [-0.05, 0) is 42.5 Å². The normalized spacial score (nSPS) is 17.4. The molecular formula is C29H25ClFN3O4S. The molecule has 0 spiro atoms. The molecule has 10 heteroatoms. The largest absolute Gasteiger partial charge is 0.379 e. The van der Waals surface area contributed by atoms with Gasteiger partial charge in [-0.2, -0.15) is 4.31 Å². The Balaban J connectivity index is 1.45. The van der Waals surface area contributed by atoms with Gasteiger partial charge in [0, 0.05) is 64.5 Å². The predicted molar refractivity (Wildman–Crippen MR) is 150 cm³/mol. The minimum atomic E-state index is -3.74. The summed E-state index contributed by atoms with van der Waals surface area (Å²) in [5.74, 6) is -0.629. The number of benzene rings is 3. The molecule has 2 aliphatic heterocycles. The van der Waals surface area contributed by atoms with Crippen molar-refractivity contribution in [3.8, 4) is 0 Å². The van der Waals surface area contributed by atoms with Crippen LogP contribution in [0.15, 0.2) is 71.8 Å². The molecule has 0 radical (unpaired) electrons. The number of para-hydroxylation sites is 1. The number of morpholine rings is 1. The molecule has 39 heavy (non-hydrogen) atoms. The Morgan fingerprint density at radius 2 is 1.82 bits per heavy atom.